The minimum atomic E-state index is -0.390. The van der Waals surface area contributed by atoms with Crippen LogP contribution in [0.5, 0.6) is 0 Å². The molecule has 0 fully saturated rings. The number of rotatable bonds is 4. The number of carbonyl (C=O) groups is 1. The fourth-order valence-electron chi connectivity index (χ4n) is 2.36. The summed E-state index contributed by atoms with van der Waals surface area (Å²) in [5.41, 5.74) is 1.46. The number of hydrogen-bond acceptors (Lipinski definition) is 5. The molecular weight excluding hydrogens is 352 g/mol. The molecule has 0 aliphatic rings. The van der Waals surface area contributed by atoms with Gasteiger partial charge < -0.3 is 0 Å². The van der Waals surface area contributed by atoms with Crippen molar-refractivity contribution in [3.8, 4) is 11.1 Å². The first-order chi connectivity index (χ1) is 11.8. The molecule has 3 rings (SSSR count). The Labute approximate surface area is 154 Å². The van der Waals surface area contributed by atoms with Gasteiger partial charge in [0.25, 0.3) is 5.56 Å². The van der Waals surface area contributed by atoms with Crippen LogP contribution in [0.25, 0.3) is 21.3 Å². The van der Waals surface area contributed by atoms with E-state index in [9.17, 15) is 9.59 Å². The highest BCUT2D eigenvalue weighted by molar-refractivity contribution is 7.99. The summed E-state index contributed by atoms with van der Waals surface area (Å²) in [6.07, 6.45) is 0. The first kappa shape index (κ1) is 17.9. The van der Waals surface area contributed by atoms with Gasteiger partial charge in [0.05, 0.1) is 11.1 Å². The number of carbonyl (C=O) groups excluding carboxylic acids is 1. The minimum Gasteiger partial charge on any atom is -0.298 e. The van der Waals surface area contributed by atoms with Gasteiger partial charge in [-0.05, 0) is 5.56 Å². The first-order valence-electron chi connectivity index (χ1n) is 7.99. The lowest BCUT2D eigenvalue weighted by molar-refractivity contribution is -0.123. The molecule has 0 saturated heterocycles. The molecule has 6 heteroatoms. The summed E-state index contributed by atoms with van der Waals surface area (Å²) in [4.78, 5) is 30.4. The van der Waals surface area contributed by atoms with E-state index < -0.39 is 0 Å². The van der Waals surface area contributed by atoms with E-state index in [2.05, 4.69) is 4.98 Å². The van der Waals surface area contributed by atoms with Gasteiger partial charge in [-0.25, -0.2) is 4.98 Å². The molecule has 3 aromatic rings. The van der Waals surface area contributed by atoms with Gasteiger partial charge in [0.15, 0.2) is 5.16 Å². The van der Waals surface area contributed by atoms with Crippen LogP contribution in [0.2, 0.25) is 0 Å². The Balaban J connectivity index is 2.01. The second-order valence-electron chi connectivity index (χ2n) is 6.92. The average molecular weight is 373 g/mol. The summed E-state index contributed by atoms with van der Waals surface area (Å²) in [5, 5.41) is 3.20. The number of thioether (sulfide) groups is 1. The summed E-state index contributed by atoms with van der Waals surface area (Å²) < 4.78 is 1.54. The van der Waals surface area contributed by atoms with Gasteiger partial charge in [0.1, 0.15) is 10.6 Å². The average Bonchev–Trinajstić information content (AvgIpc) is 3.00. The summed E-state index contributed by atoms with van der Waals surface area (Å²) in [6.45, 7) is 5.70. The highest BCUT2D eigenvalue weighted by Gasteiger charge is 2.22. The lowest BCUT2D eigenvalue weighted by Gasteiger charge is -2.16. The fraction of sp³-hybridized carbons (Fsp3) is 0.316. The van der Waals surface area contributed by atoms with Crippen molar-refractivity contribution in [1.82, 2.24) is 9.55 Å². The predicted molar refractivity (Wildman–Crippen MR) is 105 cm³/mol. The third kappa shape index (κ3) is 3.55. The van der Waals surface area contributed by atoms with Crippen LogP contribution in [-0.4, -0.2) is 21.1 Å². The maximum atomic E-state index is 12.9. The smallest absolute Gasteiger partial charge is 0.263 e. The van der Waals surface area contributed by atoms with Crippen LogP contribution in [0.15, 0.2) is 45.7 Å². The molecular formula is C19H20N2O2S2. The van der Waals surface area contributed by atoms with Crippen molar-refractivity contribution >= 4 is 39.1 Å². The number of aromatic nitrogens is 2. The molecule has 0 N–H and O–H groups in total. The van der Waals surface area contributed by atoms with E-state index in [0.717, 1.165) is 11.1 Å². The fourth-order valence-corrected chi connectivity index (χ4v) is 4.48. The SMILES string of the molecule is Cn1c(SCC(=O)C(C)(C)C)nc2scc(-c3ccccc3)c2c1=O. The van der Waals surface area contributed by atoms with Crippen molar-refractivity contribution in [1.29, 1.82) is 0 Å². The van der Waals surface area contributed by atoms with Gasteiger partial charge in [-0.15, -0.1) is 11.3 Å². The van der Waals surface area contributed by atoms with E-state index in [-0.39, 0.29) is 16.8 Å². The van der Waals surface area contributed by atoms with Crippen molar-refractivity contribution in [2.75, 3.05) is 5.75 Å². The minimum absolute atomic E-state index is 0.0733. The highest BCUT2D eigenvalue weighted by atomic mass is 32.2. The number of hydrogen-bond donors (Lipinski definition) is 0. The van der Waals surface area contributed by atoms with Gasteiger partial charge in [0, 0.05) is 23.4 Å². The van der Waals surface area contributed by atoms with E-state index in [1.165, 1.54) is 23.1 Å². The predicted octanol–water partition coefficient (Wildman–Crippen LogP) is 4.37. The molecule has 0 atom stereocenters. The number of Topliss-reactive ketones (excluding diaryl/α,β-unsaturated/α-hetero) is 1. The molecule has 25 heavy (non-hydrogen) atoms. The summed E-state index contributed by atoms with van der Waals surface area (Å²) >= 11 is 2.79. The lowest BCUT2D eigenvalue weighted by Crippen LogP contribution is -2.24. The monoisotopic (exact) mass is 372 g/mol. The Morgan fingerprint density at radius 3 is 2.56 bits per heavy atom. The zero-order chi connectivity index (χ0) is 18.2. The second kappa shape index (κ2) is 6.77. The number of nitrogens with zero attached hydrogens (tertiary/aromatic N) is 2. The summed E-state index contributed by atoms with van der Waals surface area (Å²) in [7, 11) is 1.71. The Hall–Kier alpha value is -1.92. The van der Waals surface area contributed by atoms with Crippen LogP contribution >= 0.6 is 23.1 Å². The molecule has 0 aliphatic heterocycles. The van der Waals surface area contributed by atoms with Crippen LogP contribution in [0, 0.1) is 5.41 Å². The number of ketones is 1. The van der Waals surface area contributed by atoms with Crippen molar-refractivity contribution < 1.29 is 4.79 Å². The van der Waals surface area contributed by atoms with E-state index in [1.54, 1.807) is 11.6 Å². The van der Waals surface area contributed by atoms with Crippen molar-refractivity contribution in [2.45, 2.75) is 25.9 Å². The van der Waals surface area contributed by atoms with Crippen molar-refractivity contribution in [2.24, 2.45) is 12.5 Å². The van der Waals surface area contributed by atoms with Gasteiger partial charge >= 0.3 is 0 Å². The van der Waals surface area contributed by atoms with E-state index in [0.29, 0.717) is 21.1 Å². The molecule has 0 aliphatic carbocycles. The van der Waals surface area contributed by atoms with Gasteiger partial charge in [-0.2, -0.15) is 0 Å². The third-order valence-corrected chi connectivity index (χ3v) is 5.93. The standard InChI is InChI=1S/C19H20N2O2S2/c1-19(2,3)14(22)11-25-18-20-16-15(17(23)21(18)4)13(10-24-16)12-8-6-5-7-9-12/h5-10H,11H2,1-4H3. The molecule has 2 aromatic heterocycles. The van der Waals surface area contributed by atoms with Crippen LogP contribution in [0.4, 0.5) is 0 Å². The van der Waals surface area contributed by atoms with E-state index >= 15 is 0 Å². The molecule has 0 unspecified atom stereocenters. The highest BCUT2D eigenvalue weighted by Crippen LogP contribution is 2.32. The van der Waals surface area contributed by atoms with Crippen LogP contribution in [0.1, 0.15) is 20.8 Å². The number of fused-ring (bicyclic) bond motifs is 1. The van der Waals surface area contributed by atoms with Gasteiger partial charge in [-0.1, -0.05) is 62.9 Å². The maximum Gasteiger partial charge on any atom is 0.263 e. The maximum absolute atomic E-state index is 12.9. The van der Waals surface area contributed by atoms with Crippen molar-refractivity contribution in [3.63, 3.8) is 0 Å². The molecule has 2 heterocycles. The van der Waals surface area contributed by atoms with E-state index in [4.69, 9.17) is 0 Å². The molecule has 130 valence electrons. The molecule has 0 radical (unpaired) electrons. The second-order valence-corrected chi connectivity index (χ2v) is 8.72. The Morgan fingerprint density at radius 1 is 1.24 bits per heavy atom. The number of thiophene rings is 1. The quantitative estimate of drug-likeness (QED) is 0.504. The lowest BCUT2D eigenvalue weighted by atomic mass is 9.92. The van der Waals surface area contributed by atoms with Gasteiger partial charge in [-0.3, -0.25) is 14.2 Å². The Kier molecular flexibility index (Phi) is 4.84. The molecule has 0 amide bonds. The van der Waals surface area contributed by atoms with Crippen molar-refractivity contribution in [3.05, 3.63) is 46.1 Å². The molecule has 1 aromatic carbocycles. The van der Waals surface area contributed by atoms with Gasteiger partial charge in [0.2, 0.25) is 0 Å². The zero-order valence-electron chi connectivity index (χ0n) is 14.7. The summed E-state index contributed by atoms with van der Waals surface area (Å²) in [6, 6.07) is 9.85. The van der Waals surface area contributed by atoms with Crippen LogP contribution in [0.3, 0.4) is 0 Å². The largest absolute Gasteiger partial charge is 0.298 e. The van der Waals surface area contributed by atoms with E-state index in [1.807, 2.05) is 56.5 Å². The van der Waals surface area contributed by atoms with Crippen LogP contribution < -0.4 is 5.56 Å². The molecule has 0 spiro atoms. The first-order valence-corrected chi connectivity index (χ1v) is 9.85. The number of benzene rings is 1. The molecule has 0 saturated carbocycles. The summed E-state index contributed by atoms with van der Waals surface area (Å²) in [5.74, 6) is 0.453. The van der Waals surface area contributed by atoms with Crippen LogP contribution in [-0.2, 0) is 11.8 Å². The molecule has 0 bridgehead atoms. The Bertz CT molecular complexity index is 982. The topological polar surface area (TPSA) is 52.0 Å². The molecule has 4 nitrogen and oxygen atoms in total. The third-order valence-electron chi connectivity index (χ3n) is 4.03. The Morgan fingerprint density at radius 2 is 1.92 bits per heavy atom. The normalized spacial score (nSPS) is 11.8. The zero-order valence-corrected chi connectivity index (χ0v) is 16.3.